The zero-order valence-corrected chi connectivity index (χ0v) is 28.0. The van der Waals surface area contributed by atoms with Crippen LogP contribution in [0.4, 0.5) is 16.3 Å². The molecule has 2 N–H and O–H groups in total. The number of urea groups is 1. The lowest BCUT2D eigenvalue weighted by atomic mass is 9.54. The number of ketones is 3. The van der Waals surface area contributed by atoms with Crippen LogP contribution in [0.5, 0.6) is 5.75 Å². The van der Waals surface area contributed by atoms with E-state index in [1.54, 1.807) is 31.2 Å². The number of carbonyl (C=O) groups excluding carboxylic acids is 4. The minimum Gasteiger partial charge on any atom is -0.484 e. The van der Waals surface area contributed by atoms with Crippen LogP contribution in [0.25, 0.3) is 0 Å². The first-order valence-electron chi connectivity index (χ1n) is 15.9. The Morgan fingerprint density at radius 3 is 2.41 bits per heavy atom. The number of fused-ring (bicyclic) bond motifs is 4. The van der Waals surface area contributed by atoms with Gasteiger partial charge in [-0.15, -0.1) is 0 Å². The fraction of sp³-hybridized carbons (Fsp3) is 0.333. The quantitative estimate of drug-likeness (QED) is 0.183. The highest BCUT2D eigenvalue weighted by atomic mass is 35.5. The summed E-state index contributed by atoms with van der Waals surface area (Å²) in [6, 6.07) is 16.9. The van der Waals surface area contributed by atoms with Gasteiger partial charge in [-0.05, 0) is 57.5 Å². The maximum atomic E-state index is 14.8. The maximum Gasteiger partial charge on any atom is 0.324 e. The Kier molecular flexibility index (Phi) is 8.34. The number of methoxy groups -OCH3 is 1. The number of carbonyl (C=O) groups is 4. The van der Waals surface area contributed by atoms with Crippen molar-refractivity contribution in [2.45, 2.75) is 38.0 Å². The average Bonchev–Trinajstić information content (AvgIpc) is 3.46. The number of benzene rings is 2. The van der Waals surface area contributed by atoms with Gasteiger partial charge < -0.3 is 19.3 Å². The van der Waals surface area contributed by atoms with E-state index in [2.05, 4.69) is 20.8 Å². The van der Waals surface area contributed by atoms with Crippen LogP contribution in [0.1, 0.15) is 55.8 Å². The summed E-state index contributed by atoms with van der Waals surface area (Å²) in [5.74, 6) is -3.96. The molecule has 0 saturated heterocycles. The molecule has 252 valence electrons. The van der Waals surface area contributed by atoms with Crippen LogP contribution in [0.15, 0.2) is 65.2 Å². The van der Waals surface area contributed by atoms with Gasteiger partial charge in [-0.2, -0.15) is 0 Å². The Labute approximate surface area is 287 Å². The maximum absolute atomic E-state index is 14.8. The molecule has 5 unspecified atom stereocenters. The molecular weight excluding hydrogens is 650 g/mol. The average molecular weight is 684 g/mol. The first-order chi connectivity index (χ1) is 23.6. The second-order valence-corrected chi connectivity index (χ2v) is 13.2. The number of amides is 2. The van der Waals surface area contributed by atoms with Gasteiger partial charge in [0.05, 0.1) is 28.8 Å². The van der Waals surface area contributed by atoms with Gasteiger partial charge in [-0.25, -0.2) is 9.78 Å². The summed E-state index contributed by atoms with van der Waals surface area (Å²) < 4.78 is 17.9. The third-order valence-electron chi connectivity index (χ3n) is 9.87. The fourth-order valence-corrected chi connectivity index (χ4v) is 8.04. The number of ether oxygens (including phenoxy) is 2. The molecule has 2 aromatic carbocycles. The summed E-state index contributed by atoms with van der Waals surface area (Å²) in [6.45, 7) is 1.67. The number of hydrogen-bond donors (Lipinski definition) is 2. The molecule has 1 saturated carbocycles. The summed E-state index contributed by atoms with van der Waals surface area (Å²) in [7, 11) is 4.99. The Morgan fingerprint density at radius 1 is 1.04 bits per heavy atom. The van der Waals surface area contributed by atoms with Crippen LogP contribution >= 0.6 is 11.6 Å². The second kappa shape index (κ2) is 12.5. The SMILES string of the molecule is COC12C(=O)c3c(C)noc3C(N(C)C)C1CC1Cc3c(Cl)nc(NC(=O)Nc4ccccc4)c(OCc4ccccc4)c3C(=O)C1C2=O. The molecule has 7 rings (SSSR count). The first kappa shape index (κ1) is 32.6. The molecule has 0 radical (unpaired) electrons. The molecule has 12 nitrogen and oxygen atoms in total. The summed E-state index contributed by atoms with van der Waals surface area (Å²) in [5.41, 5.74) is 0.358. The molecule has 3 aliphatic rings. The summed E-state index contributed by atoms with van der Waals surface area (Å²) in [6.07, 6.45) is 0.480. The first-order valence-corrected chi connectivity index (χ1v) is 16.3. The molecule has 5 atom stereocenters. The van der Waals surface area contributed by atoms with Crippen LogP contribution < -0.4 is 15.4 Å². The normalized spacial score (nSPS) is 24.1. The van der Waals surface area contributed by atoms with Gasteiger partial charge in [0, 0.05) is 24.3 Å². The van der Waals surface area contributed by atoms with Crippen LogP contribution in [0.2, 0.25) is 5.15 Å². The zero-order valence-electron chi connectivity index (χ0n) is 27.3. The lowest BCUT2D eigenvalue weighted by molar-refractivity contribution is -0.159. The van der Waals surface area contributed by atoms with Crippen LogP contribution in [-0.2, 0) is 22.6 Å². The van der Waals surface area contributed by atoms with E-state index in [4.69, 9.17) is 25.6 Å². The summed E-state index contributed by atoms with van der Waals surface area (Å²) >= 11 is 6.79. The molecule has 3 aliphatic carbocycles. The van der Waals surface area contributed by atoms with E-state index in [1.807, 2.05) is 55.4 Å². The highest BCUT2D eigenvalue weighted by molar-refractivity contribution is 6.32. The number of aromatic nitrogens is 2. The van der Waals surface area contributed by atoms with Gasteiger partial charge >= 0.3 is 6.03 Å². The van der Waals surface area contributed by atoms with Gasteiger partial charge in [0.1, 0.15) is 11.8 Å². The number of nitrogens with zero attached hydrogens (tertiary/aromatic N) is 3. The van der Waals surface area contributed by atoms with Crippen molar-refractivity contribution in [2.24, 2.45) is 17.8 Å². The van der Waals surface area contributed by atoms with Gasteiger partial charge in [0.2, 0.25) is 5.78 Å². The minimum absolute atomic E-state index is 0.00285. The topological polar surface area (TPSA) is 153 Å². The Hall–Kier alpha value is -4.91. The van der Waals surface area contributed by atoms with E-state index in [-0.39, 0.29) is 47.3 Å². The Bertz CT molecular complexity index is 1980. The number of rotatable bonds is 7. The van der Waals surface area contributed by atoms with Crippen molar-refractivity contribution < 1.29 is 33.2 Å². The number of para-hydroxylation sites is 1. The molecule has 2 aromatic heterocycles. The molecule has 0 bridgehead atoms. The van der Waals surface area contributed by atoms with Crippen molar-refractivity contribution in [3.63, 3.8) is 0 Å². The monoisotopic (exact) mass is 683 g/mol. The smallest absolute Gasteiger partial charge is 0.324 e. The molecular formula is C36H34ClN5O7. The summed E-state index contributed by atoms with van der Waals surface area (Å²) in [4.78, 5) is 63.4. The predicted molar refractivity (Wildman–Crippen MR) is 179 cm³/mol. The standard InChI is InChI=1S/C36H34ClN5O7/c1-18-24-29(49-41-18)27(42(2)3)23-16-20-15-22-26(28(43)25(20)32(45)36(23,47-4)31(24)44)30(48-17-19-11-7-5-8-12-19)34(39-33(22)37)40-35(46)38-21-13-9-6-10-14-21/h5-14,20,23,25,27H,15-17H2,1-4H3,(H2,38,39,40,46). The largest absolute Gasteiger partial charge is 0.484 e. The number of Topliss-reactive ketones (excluding diaryl/α,β-unsaturated/α-hetero) is 3. The van der Waals surface area contributed by atoms with E-state index in [1.165, 1.54) is 7.11 Å². The molecule has 0 spiro atoms. The number of anilines is 2. The molecule has 0 aliphatic heterocycles. The molecule has 2 heterocycles. The van der Waals surface area contributed by atoms with E-state index in [0.29, 0.717) is 22.7 Å². The predicted octanol–water partition coefficient (Wildman–Crippen LogP) is 5.70. The van der Waals surface area contributed by atoms with Crippen LogP contribution in [0.3, 0.4) is 0 Å². The molecule has 1 fully saturated rings. The van der Waals surface area contributed by atoms with Gasteiger partial charge in [-0.1, -0.05) is 65.3 Å². The second-order valence-electron chi connectivity index (χ2n) is 12.9. The van der Waals surface area contributed by atoms with Crippen molar-refractivity contribution in [3.05, 3.63) is 99.5 Å². The van der Waals surface area contributed by atoms with E-state index < -0.39 is 52.8 Å². The van der Waals surface area contributed by atoms with E-state index >= 15 is 0 Å². The molecule has 49 heavy (non-hydrogen) atoms. The van der Waals surface area contributed by atoms with E-state index in [9.17, 15) is 19.2 Å². The molecule has 2 amide bonds. The van der Waals surface area contributed by atoms with Crippen LogP contribution in [-0.4, -0.2) is 65.2 Å². The number of hydrogen-bond acceptors (Lipinski definition) is 10. The van der Waals surface area contributed by atoms with Crippen LogP contribution in [0, 0.1) is 24.7 Å². The Morgan fingerprint density at radius 2 is 1.73 bits per heavy atom. The van der Waals surface area contributed by atoms with Crippen molar-refractivity contribution in [3.8, 4) is 5.75 Å². The zero-order chi connectivity index (χ0) is 34.6. The third-order valence-corrected chi connectivity index (χ3v) is 10.2. The fourth-order valence-electron chi connectivity index (χ4n) is 7.78. The number of aryl methyl sites for hydroxylation is 1. The van der Waals surface area contributed by atoms with Crippen molar-refractivity contribution in [1.82, 2.24) is 15.0 Å². The molecule has 4 aromatic rings. The Balaban J connectivity index is 1.32. The summed E-state index contributed by atoms with van der Waals surface area (Å²) in [5, 5.41) is 9.47. The third kappa shape index (κ3) is 5.22. The van der Waals surface area contributed by atoms with Gasteiger partial charge in [-0.3, -0.25) is 24.6 Å². The number of pyridine rings is 1. The van der Waals surface area contributed by atoms with Gasteiger partial charge in [0.25, 0.3) is 0 Å². The highest BCUT2D eigenvalue weighted by Gasteiger charge is 2.68. The van der Waals surface area contributed by atoms with E-state index in [0.717, 1.165) is 5.56 Å². The number of halogens is 1. The highest BCUT2D eigenvalue weighted by Crippen LogP contribution is 2.56. The lowest BCUT2D eigenvalue weighted by Crippen LogP contribution is -2.67. The van der Waals surface area contributed by atoms with Crippen molar-refractivity contribution in [1.29, 1.82) is 0 Å². The molecule has 13 heteroatoms. The lowest BCUT2D eigenvalue weighted by Gasteiger charge is -2.52. The van der Waals surface area contributed by atoms with Crippen molar-refractivity contribution >= 4 is 46.5 Å². The minimum atomic E-state index is -1.95. The van der Waals surface area contributed by atoms with Crippen molar-refractivity contribution in [2.75, 3.05) is 31.8 Å². The number of nitrogens with one attached hydrogen (secondary N) is 2. The van der Waals surface area contributed by atoms with Gasteiger partial charge in [0.15, 0.2) is 34.5 Å².